The number of fused-ring (bicyclic) bond motifs is 2. The normalized spacial score (nSPS) is 16.1. The lowest BCUT2D eigenvalue weighted by atomic mass is 10.1. The molecular formula is C23H17N3O5S2. The van der Waals surface area contributed by atoms with Gasteiger partial charge in [-0.05, 0) is 41.3 Å². The van der Waals surface area contributed by atoms with Crippen molar-refractivity contribution in [3.63, 3.8) is 0 Å². The number of rotatable bonds is 5. The highest BCUT2D eigenvalue weighted by Gasteiger charge is 2.32. The van der Waals surface area contributed by atoms with Gasteiger partial charge in [-0.2, -0.15) is 0 Å². The van der Waals surface area contributed by atoms with Crippen molar-refractivity contribution in [2.75, 3.05) is 19.9 Å². The van der Waals surface area contributed by atoms with Gasteiger partial charge in [0.25, 0.3) is 17.4 Å². The van der Waals surface area contributed by atoms with E-state index in [1.807, 2.05) is 18.2 Å². The lowest BCUT2D eigenvalue weighted by Gasteiger charge is -2.14. The summed E-state index contributed by atoms with van der Waals surface area (Å²) in [6.45, 7) is 0.521. The van der Waals surface area contributed by atoms with E-state index in [4.69, 9.17) is 21.7 Å². The maximum Gasteiger partial charge on any atom is 0.266 e. The Kier molecular flexibility index (Phi) is 5.61. The van der Waals surface area contributed by atoms with Gasteiger partial charge in [0.2, 0.25) is 6.79 Å². The zero-order chi connectivity index (χ0) is 22.9. The van der Waals surface area contributed by atoms with E-state index in [2.05, 4.69) is 10.3 Å². The standard InChI is InChI=1S/C23H17N3O5S2/c27-20(15-11-14-3-1-2-4-16(14)25-21(15)28)24-7-8-26-22(29)19(33-23(26)32)10-13-5-6-17-18(9-13)31-12-30-17/h1-6,9-11H,7-8,12H2,(H,24,27)(H,25,28)/b19-10+. The SMILES string of the molecule is O=C(NCCN1C(=O)/C(=C\c2ccc3c(c2)OCO3)SC1=S)c1cc2ccccc2[nH]c1=O. The second-order valence-corrected chi connectivity index (χ2v) is 8.98. The Morgan fingerprint density at radius 1 is 1.15 bits per heavy atom. The number of nitrogens with one attached hydrogen (secondary N) is 2. The van der Waals surface area contributed by atoms with E-state index < -0.39 is 11.5 Å². The van der Waals surface area contributed by atoms with Gasteiger partial charge in [-0.15, -0.1) is 0 Å². The van der Waals surface area contributed by atoms with Crippen molar-refractivity contribution in [2.45, 2.75) is 0 Å². The number of aromatic nitrogens is 1. The van der Waals surface area contributed by atoms with Crippen molar-refractivity contribution >= 4 is 57.1 Å². The summed E-state index contributed by atoms with van der Waals surface area (Å²) < 4.78 is 11.1. The van der Waals surface area contributed by atoms with Crippen LogP contribution in [0.4, 0.5) is 0 Å². The Morgan fingerprint density at radius 3 is 2.85 bits per heavy atom. The van der Waals surface area contributed by atoms with Crippen LogP contribution in [0, 0.1) is 0 Å². The van der Waals surface area contributed by atoms with Gasteiger partial charge in [-0.3, -0.25) is 19.3 Å². The number of hydrogen-bond donors (Lipinski definition) is 2. The number of carbonyl (C=O) groups is 2. The van der Waals surface area contributed by atoms with E-state index >= 15 is 0 Å². The summed E-state index contributed by atoms with van der Waals surface area (Å²) >= 11 is 6.55. The zero-order valence-electron chi connectivity index (χ0n) is 17.1. The summed E-state index contributed by atoms with van der Waals surface area (Å²) in [5.41, 5.74) is 1.000. The van der Waals surface area contributed by atoms with Crippen molar-refractivity contribution in [3.05, 3.63) is 74.9 Å². The van der Waals surface area contributed by atoms with Crippen LogP contribution in [0.15, 0.2) is 58.2 Å². The predicted octanol–water partition coefficient (Wildman–Crippen LogP) is 2.89. The number of thiocarbonyl (C=S) groups is 1. The van der Waals surface area contributed by atoms with Gasteiger partial charge < -0.3 is 19.8 Å². The number of aromatic amines is 1. The van der Waals surface area contributed by atoms with Gasteiger partial charge in [-0.25, -0.2) is 0 Å². The average Bonchev–Trinajstić information content (AvgIpc) is 3.37. The molecule has 2 aliphatic heterocycles. The Bertz CT molecular complexity index is 1400. The number of para-hydroxylation sites is 1. The van der Waals surface area contributed by atoms with E-state index in [0.717, 1.165) is 10.9 Å². The molecule has 0 unspecified atom stereocenters. The number of pyridine rings is 1. The molecule has 3 heterocycles. The minimum Gasteiger partial charge on any atom is -0.454 e. The van der Waals surface area contributed by atoms with Gasteiger partial charge >= 0.3 is 0 Å². The van der Waals surface area contributed by atoms with Gasteiger partial charge in [0.15, 0.2) is 11.5 Å². The molecule has 0 radical (unpaired) electrons. The molecule has 2 aliphatic rings. The Morgan fingerprint density at radius 2 is 1.97 bits per heavy atom. The quantitative estimate of drug-likeness (QED) is 0.429. The summed E-state index contributed by atoms with van der Waals surface area (Å²) in [6, 6.07) is 14.2. The topological polar surface area (TPSA) is 101 Å². The molecule has 0 saturated carbocycles. The van der Waals surface area contributed by atoms with Crippen LogP contribution < -0.4 is 20.3 Å². The van der Waals surface area contributed by atoms with E-state index in [1.165, 1.54) is 16.7 Å². The molecule has 10 heteroatoms. The van der Waals surface area contributed by atoms with Crippen LogP contribution in [0.25, 0.3) is 17.0 Å². The molecule has 2 aromatic carbocycles. The highest BCUT2D eigenvalue weighted by atomic mass is 32.2. The van der Waals surface area contributed by atoms with Crippen LogP contribution in [0.2, 0.25) is 0 Å². The maximum absolute atomic E-state index is 12.8. The largest absolute Gasteiger partial charge is 0.454 e. The molecule has 2 N–H and O–H groups in total. The first-order valence-electron chi connectivity index (χ1n) is 10.0. The Hall–Kier alpha value is -3.63. The molecule has 33 heavy (non-hydrogen) atoms. The molecule has 1 fully saturated rings. The zero-order valence-corrected chi connectivity index (χ0v) is 18.8. The molecule has 1 aromatic heterocycles. The lowest BCUT2D eigenvalue weighted by molar-refractivity contribution is -0.122. The third-order valence-electron chi connectivity index (χ3n) is 5.19. The fourth-order valence-corrected chi connectivity index (χ4v) is 4.85. The van der Waals surface area contributed by atoms with Crippen LogP contribution in [0.3, 0.4) is 0 Å². The molecule has 0 atom stereocenters. The summed E-state index contributed by atoms with van der Waals surface area (Å²) in [4.78, 5) is 42.2. The number of nitrogens with zero attached hydrogens (tertiary/aromatic N) is 1. The van der Waals surface area contributed by atoms with E-state index in [9.17, 15) is 14.4 Å². The number of H-pyrrole nitrogens is 1. The van der Waals surface area contributed by atoms with Crippen LogP contribution in [-0.2, 0) is 4.79 Å². The van der Waals surface area contributed by atoms with Crippen LogP contribution >= 0.6 is 24.0 Å². The summed E-state index contributed by atoms with van der Waals surface area (Å²) in [5.74, 6) is 0.551. The number of hydrogen-bond acceptors (Lipinski definition) is 7. The number of amides is 2. The molecule has 0 aliphatic carbocycles. The summed E-state index contributed by atoms with van der Waals surface area (Å²) in [5, 5.41) is 3.45. The first-order chi connectivity index (χ1) is 16.0. The Balaban J connectivity index is 1.23. The molecule has 0 bridgehead atoms. The number of benzene rings is 2. The third-order valence-corrected chi connectivity index (χ3v) is 6.56. The van der Waals surface area contributed by atoms with E-state index in [1.54, 1.807) is 36.4 Å². The fraction of sp³-hybridized carbons (Fsp3) is 0.130. The summed E-state index contributed by atoms with van der Waals surface area (Å²) in [7, 11) is 0. The van der Waals surface area contributed by atoms with Crippen molar-refractivity contribution in [1.82, 2.24) is 15.2 Å². The second-order valence-electron chi connectivity index (χ2n) is 7.30. The average molecular weight is 480 g/mol. The van der Waals surface area contributed by atoms with Gasteiger partial charge in [0.1, 0.15) is 9.88 Å². The van der Waals surface area contributed by atoms with Gasteiger partial charge in [-0.1, -0.05) is 48.2 Å². The van der Waals surface area contributed by atoms with E-state index in [-0.39, 0.29) is 31.4 Å². The van der Waals surface area contributed by atoms with Crippen LogP contribution in [-0.4, -0.2) is 45.9 Å². The highest BCUT2D eigenvalue weighted by molar-refractivity contribution is 8.26. The summed E-state index contributed by atoms with van der Waals surface area (Å²) in [6.07, 6.45) is 1.74. The molecule has 166 valence electrons. The molecule has 0 spiro atoms. The smallest absolute Gasteiger partial charge is 0.266 e. The molecule has 5 rings (SSSR count). The van der Waals surface area contributed by atoms with Gasteiger partial charge in [0, 0.05) is 18.6 Å². The minimum atomic E-state index is -0.511. The minimum absolute atomic E-state index is 0.0155. The lowest BCUT2D eigenvalue weighted by Crippen LogP contribution is -2.38. The van der Waals surface area contributed by atoms with Crippen molar-refractivity contribution < 1.29 is 19.1 Å². The van der Waals surface area contributed by atoms with Crippen molar-refractivity contribution in [2.24, 2.45) is 0 Å². The molecular weight excluding hydrogens is 462 g/mol. The second kappa shape index (κ2) is 8.72. The Labute approximate surface area is 197 Å². The molecule has 8 nitrogen and oxygen atoms in total. The molecule has 2 amide bonds. The first kappa shape index (κ1) is 21.2. The number of thioether (sulfide) groups is 1. The molecule has 3 aromatic rings. The monoisotopic (exact) mass is 479 g/mol. The predicted molar refractivity (Wildman–Crippen MR) is 129 cm³/mol. The third kappa shape index (κ3) is 4.22. The van der Waals surface area contributed by atoms with Crippen LogP contribution in [0.1, 0.15) is 15.9 Å². The first-order valence-corrected chi connectivity index (χ1v) is 11.3. The van der Waals surface area contributed by atoms with Crippen LogP contribution in [0.5, 0.6) is 11.5 Å². The molecule has 1 saturated heterocycles. The number of ether oxygens (including phenoxy) is 2. The van der Waals surface area contributed by atoms with Crippen molar-refractivity contribution in [1.29, 1.82) is 0 Å². The van der Waals surface area contributed by atoms with Crippen molar-refractivity contribution in [3.8, 4) is 11.5 Å². The fourth-order valence-electron chi connectivity index (χ4n) is 3.54. The highest BCUT2D eigenvalue weighted by Crippen LogP contribution is 2.36. The van der Waals surface area contributed by atoms with Gasteiger partial charge in [0.05, 0.1) is 4.91 Å². The maximum atomic E-state index is 12.8. The number of carbonyl (C=O) groups excluding carboxylic acids is 2. The van der Waals surface area contributed by atoms with E-state index in [0.29, 0.717) is 26.2 Å².